The monoisotopic (exact) mass is 229 g/mol. The molecule has 1 aromatic carbocycles. The predicted octanol–water partition coefficient (Wildman–Crippen LogP) is 2.03. The Bertz CT molecular complexity index is 547. The number of rotatable bonds is 2. The molecule has 1 aliphatic carbocycles. The second-order valence-electron chi connectivity index (χ2n) is 4.34. The molecule has 0 fully saturated rings. The summed E-state index contributed by atoms with van der Waals surface area (Å²) in [6.45, 7) is 0. The van der Waals surface area contributed by atoms with Crippen LogP contribution in [0.25, 0.3) is 11.3 Å². The zero-order valence-electron chi connectivity index (χ0n) is 9.73. The molecule has 1 heterocycles. The molecule has 0 bridgehead atoms. The van der Waals surface area contributed by atoms with Crippen LogP contribution in [0, 0.1) is 0 Å². The molecule has 0 spiro atoms. The molecule has 4 nitrogen and oxygen atoms in total. The molecule has 0 amide bonds. The van der Waals surface area contributed by atoms with Crippen molar-refractivity contribution in [2.45, 2.75) is 18.9 Å². The number of nitrogens with one attached hydrogen (secondary N) is 1. The molecule has 3 rings (SSSR count). The molecule has 0 saturated carbocycles. The van der Waals surface area contributed by atoms with Gasteiger partial charge in [0.15, 0.2) is 0 Å². The number of fused-ring (bicyclic) bond motifs is 1. The molecule has 0 radical (unpaired) electrons. The van der Waals surface area contributed by atoms with E-state index in [1.54, 1.807) is 7.11 Å². The van der Waals surface area contributed by atoms with E-state index >= 15 is 0 Å². The fourth-order valence-electron chi connectivity index (χ4n) is 2.39. The predicted molar refractivity (Wildman–Crippen MR) is 65.8 cm³/mol. The zero-order valence-corrected chi connectivity index (χ0v) is 9.73. The van der Waals surface area contributed by atoms with Gasteiger partial charge in [-0.1, -0.05) is 12.1 Å². The third kappa shape index (κ3) is 1.61. The van der Waals surface area contributed by atoms with Crippen molar-refractivity contribution in [3.05, 3.63) is 35.5 Å². The number of nitrogens with zero attached hydrogens (tertiary/aromatic N) is 1. The van der Waals surface area contributed by atoms with Crippen molar-refractivity contribution in [3.8, 4) is 17.0 Å². The van der Waals surface area contributed by atoms with Crippen molar-refractivity contribution in [1.29, 1.82) is 0 Å². The van der Waals surface area contributed by atoms with Gasteiger partial charge in [0, 0.05) is 17.2 Å². The molecule has 17 heavy (non-hydrogen) atoms. The maximum atomic E-state index is 6.00. The second kappa shape index (κ2) is 3.89. The van der Waals surface area contributed by atoms with Gasteiger partial charge in [0.05, 0.1) is 18.5 Å². The molecular weight excluding hydrogens is 214 g/mol. The first-order valence-corrected chi connectivity index (χ1v) is 5.76. The van der Waals surface area contributed by atoms with Gasteiger partial charge in [0.2, 0.25) is 0 Å². The molecule has 3 N–H and O–H groups in total. The first-order valence-electron chi connectivity index (χ1n) is 5.76. The molecule has 1 unspecified atom stereocenters. The quantitative estimate of drug-likeness (QED) is 0.828. The highest BCUT2D eigenvalue weighted by Crippen LogP contribution is 2.35. The van der Waals surface area contributed by atoms with Gasteiger partial charge in [0.1, 0.15) is 5.75 Å². The number of hydrogen-bond acceptors (Lipinski definition) is 3. The van der Waals surface area contributed by atoms with Gasteiger partial charge in [-0.3, -0.25) is 5.10 Å². The maximum Gasteiger partial charge on any atom is 0.119 e. The molecule has 0 aliphatic heterocycles. The number of aromatic amines is 1. The molecular formula is C13H15N3O. The molecule has 1 aromatic heterocycles. The zero-order chi connectivity index (χ0) is 11.8. The minimum absolute atomic E-state index is 0.108. The molecule has 1 aliphatic rings. The summed E-state index contributed by atoms with van der Waals surface area (Å²) < 4.78 is 5.23. The van der Waals surface area contributed by atoms with E-state index in [1.807, 2.05) is 24.3 Å². The Morgan fingerprint density at radius 1 is 1.47 bits per heavy atom. The SMILES string of the molecule is COc1cccc(-c2n[nH]c3c2CCC3N)c1. The summed E-state index contributed by atoms with van der Waals surface area (Å²) in [6, 6.07) is 8.06. The van der Waals surface area contributed by atoms with E-state index in [0.29, 0.717) is 0 Å². The van der Waals surface area contributed by atoms with E-state index in [9.17, 15) is 0 Å². The van der Waals surface area contributed by atoms with E-state index in [-0.39, 0.29) is 6.04 Å². The van der Waals surface area contributed by atoms with Crippen molar-refractivity contribution in [2.24, 2.45) is 5.73 Å². The van der Waals surface area contributed by atoms with Gasteiger partial charge in [0.25, 0.3) is 0 Å². The first kappa shape index (κ1) is 10.4. The summed E-state index contributed by atoms with van der Waals surface area (Å²) in [5.41, 5.74) is 10.4. The van der Waals surface area contributed by atoms with Crippen LogP contribution in [0.1, 0.15) is 23.7 Å². The van der Waals surface area contributed by atoms with Crippen LogP contribution in [0.2, 0.25) is 0 Å². The number of nitrogens with two attached hydrogens (primary N) is 1. The Hall–Kier alpha value is -1.81. The van der Waals surface area contributed by atoms with Crippen molar-refractivity contribution in [2.75, 3.05) is 7.11 Å². The van der Waals surface area contributed by atoms with E-state index in [1.165, 1.54) is 5.56 Å². The fraction of sp³-hybridized carbons (Fsp3) is 0.308. The summed E-state index contributed by atoms with van der Waals surface area (Å²) >= 11 is 0. The summed E-state index contributed by atoms with van der Waals surface area (Å²) in [6.07, 6.45) is 2.00. The lowest BCUT2D eigenvalue weighted by molar-refractivity contribution is 0.415. The Morgan fingerprint density at radius 3 is 3.18 bits per heavy atom. The third-order valence-corrected chi connectivity index (χ3v) is 3.32. The summed E-state index contributed by atoms with van der Waals surface area (Å²) in [5, 5.41) is 7.43. The largest absolute Gasteiger partial charge is 0.497 e. The topological polar surface area (TPSA) is 63.9 Å². The van der Waals surface area contributed by atoms with Crippen LogP contribution >= 0.6 is 0 Å². The van der Waals surface area contributed by atoms with Gasteiger partial charge in [-0.25, -0.2) is 0 Å². The Balaban J connectivity index is 2.07. The first-order chi connectivity index (χ1) is 8.29. The van der Waals surface area contributed by atoms with E-state index in [4.69, 9.17) is 10.5 Å². The van der Waals surface area contributed by atoms with E-state index in [2.05, 4.69) is 10.2 Å². The van der Waals surface area contributed by atoms with Crippen LogP contribution < -0.4 is 10.5 Å². The molecule has 4 heteroatoms. The highest BCUT2D eigenvalue weighted by Gasteiger charge is 2.25. The number of H-pyrrole nitrogens is 1. The molecule has 1 atom stereocenters. The minimum atomic E-state index is 0.108. The van der Waals surface area contributed by atoms with Crippen molar-refractivity contribution < 1.29 is 4.74 Å². The van der Waals surface area contributed by atoms with Crippen LogP contribution in [0.3, 0.4) is 0 Å². The van der Waals surface area contributed by atoms with Gasteiger partial charge >= 0.3 is 0 Å². The number of hydrogen-bond donors (Lipinski definition) is 2. The standard InChI is InChI=1S/C13H15N3O/c1-17-9-4-2-3-8(7-9)12-10-5-6-11(14)13(10)16-15-12/h2-4,7,11H,5-6,14H2,1H3,(H,15,16). The van der Waals surface area contributed by atoms with Crippen LogP contribution in [0.4, 0.5) is 0 Å². The van der Waals surface area contributed by atoms with Crippen LogP contribution in [-0.2, 0) is 6.42 Å². The summed E-state index contributed by atoms with van der Waals surface area (Å²) in [4.78, 5) is 0. The third-order valence-electron chi connectivity index (χ3n) is 3.32. The fourth-order valence-corrected chi connectivity index (χ4v) is 2.39. The molecule has 88 valence electrons. The smallest absolute Gasteiger partial charge is 0.119 e. The molecule has 0 saturated heterocycles. The van der Waals surface area contributed by atoms with Crippen LogP contribution in [0.5, 0.6) is 5.75 Å². The van der Waals surface area contributed by atoms with Crippen molar-refractivity contribution >= 4 is 0 Å². The second-order valence-corrected chi connectivity index (χ2v) is 4.34. The Kier molecular flexibility index (Phi) is 2.37. The number of benzene rings is 1. The van der Waals surface area contributed by atoms with Gasteiger partial charge in [-0.2, -0.15) is 5.10 Å². The average Bonchev–Trinajstić information content (AvgIpc) is 2.93. The highest BCUT2D eigenvalue weighted by molar-refractivity contribution is 5.66. The van der Waals surface area contributed by atoms with Crippen LogP contribution in [0.15, 0.2) is 24.3 Å². The van der Waals surface area contributed by atoms with Crippen molar-refractivity contribution in [3.63, 3.8) is 0 Å². The number of ether oxygens (including phenoxy) is 1. The summed E-state index contributed by atoms with van der Waals surface area (Å²) in [5.74, 6) is 0.849. The van der Waals surface area contributed by atoms with E-state index in [0.717, 1.165) is 35.5 Å². The number of methoxy groups -OCH3 is 1. The maximum absolute atomic E-state index is 6.00. The van der Waals surface area contributed by atoms with Gasteiger partial charge in [-0.15, -0.1) is 0 Å². The summed E-state index contributed by atoms with van der Waals surface area (Å²) in [7, 11) is 1.67. The highest BCUT2D eigenvalue weighted by atomic mass is 16.5. The normalized spacial score (nSPS) is 18.1. The Morgan fingerprint density at radius 2 is 2.35 bits per heavy atom. The minimum Gasteiger partial charge on any atom is -0.497 e. The average molecular weight is 229 g/mol. The number of aromatic nitrogens is 2. The van der Waals surface area contributed by atoms with E-state index < -0.39 is 0 Å². The Labute approximate surface area is 99.8 Å². The van der Waals surface area contributed by atoms with Gasteiger partial charge < -0.3 is 10.5 Å². The van der Waals surface area contributed by atoms with Gasteiger partial charge in [-0.05, 0) is 25.0 Å². The lowest BCUT2D eigenvalue weighted by atomic mass is 10.1. The molecule has 2 aromatic rings. The lowest BCUT2D eigenvalue weighted by Crippen LogP contribution is -2.05. The van der Waals surface area contributed by atoms with Crippen molar-refractivity contribution in [1.82, 2.24) is 10.2 Å². The lowest BCUT2D eigenvalue weighted by Gasteiger charge is -2.03. The van der Waals surface area contributed by atoms with Crippen LogP contribution in [-0.4, -0.2) is 17.3 Å².